The summed E-state index contributed by atoms with van der Waals surface area (Å²) in [5, 5.41) is 9.85. The number of aliphatic hydroxyl groups is 1. The van der Waals surface area contributed by atoms with Crippen LogP contribution in [0.4, 0.5) is 5.69 Å². The molecule has 1 fully saturated rings. The molecule has 1 atom stereocenters. The lowest BCUT2D eigenvalue weighted by Crippen LogP contribution is -2.46. The first-order valence-electron chi connectivity index (χ1n) is 5.94. The number of morpholine rings is 1. The molecule has 0 bridgehead atoms. The minimum Gasteiger partial charge on any atom is -0.396 e. The smallest absolute Gasteiger partial charge is 0.0671 e. The lowest BCUT2D eigenvalue weighted by molar-refractivity contribution is 0.0849. The molecular formula is C13H18ClNO2. The first kappa shape index (κ1) is 12.7. The normalized spacial score (nSPS) is 20.6. The van der Waals surface area contributed by atoms with Crippen LogP contribution in [0.2, 0.25) is 5.02 Å². The molecule has 1 aromatic carbocycles. The maximum Gasteiger partial charge on any atom is 0.0671 e. The third-order valence-corrected chi connectivity index (χ3v) is 3.41. The fourth-order valence-corrected chi connectivity index (χ4v) is 2.42. The van der Waals surface area contributed by atoms with Crippen LogP contribution in [0.15, 0.2) is 18.2 Å². The Morgan fingerprint density at radius 1 is 1.53 bits per heavy atom. The molecule has 0 aliphatic carbocycles. The molecule has 4 heteroatoms. The van der Waals surface area contributed by atoms with Crippen molar-refractivity contribution in [2.75, 3.05) is 31.3 Å². The average molecular weight is 256 g/mol. The van der Waals surface area contributed by atoms with E-state index in [1.165, 1.54) is 5.56 Å². The maximum absolute atomic E-state index is 9.10. The molecule has 1 aliphatic rings. The molecule has 3 nitrogen and oxygen atoms in total. The highest BCUT2D eigenvalue weighted by molar-refractivity contribution is 6.30. The number of ether oxygens (including phenoxy) is 1. The van der Waals surface area contributed by atoms with Crippen LogP contribution in [-0.2, 0) is 4.74 Å². The monoisotopic (exact) mass is 255 g/mol. The van der Waals surface area contributed by atoms with E-state index in [2.05, 4.69) is 11.8 Å². The summed E-state index contributed by atoms with van der Waals surface area (Å²) in [6.07, 6.45) is 0.728. The van der Waals surface area contributed by atoms with Gasteiger partial charge in [-0.3, -0.25) is 0 Å². The molecule has 1 heterocycles. The highest BCUT2D eigenvalue weighted by atomic mass is 35.5. The minimum atomic E-state index is 0.185. The van der Waals surface area contributed by atoms with E-state index in [1.54, 1.807) is 0 Å². The van der Waals surface area contributed by atoms with E-state index in [-0.39, 0.29) is 12.6 Å². The molecule has 0 amide bonds. The molecule has 17 heavy (non-hydrogen) atoms. The third kappa shape index (κ3) is 2.92. The Labute approximate surface area is 107 Å². The molecule has 1 aromatic rings. The number of hydrogen-bond donors (Lipinski definition) is 1. The molecule has 0 saturated carbocycles. The van der Waals surface area contributed by atoms with Crippen LogP contribution in [0.5, 0.6) is 0 Å². The van der Waals surface area contributed by atoms with Gasteiger partial charge in [-0.05, 0) is 31.0 Å². The third-order valence-electron chi connectivity index (χ3n) is 3.17. The Bertz CT molecular complexity index is 382. The van der Waals surface area contributed by atoms with Crippen LogP contribution in [-0.4, -0.2) is 37.5 Å². The molecule has 1 unspecified atom stereocenters. The highest BCUT2D eigenvalue weighted by Crippen LogP contribution is 2.28. The highest BCUT2D eigenvalue weighted by Gasteiger charge is 2.23. The van der Waals surface area contributed by atoms with E-state index in [0.717, 1.165) is 30.3 Å². The van der Waals surface area contributed by atoms with Crippen LogP contribution in [0.3, 0.4) is 0 Å². The Morgan fingerprint density at radius 3 is 3.12 bits per heavy atom. The summed E-state index contributed by atoms with van der Waals surface area (Å²) in [5.74, 6) is 0. The van der Waals surface area contributed by atoms with Gasteiger partial charge in [-0.2, -0.15) is 0 Å². The van der Waals surface area contributed by atoms with Gasteiger partial charge in [-0.25, -0.2) is 0 Å². The second-order valence-corrected chi connectivity index (χ2v) is 4.80. The molecule has 94 valence electrons. The summed E-state index contributed by atoms with van der Waals surface area (Å²) in [4.78, 5) is 2.29. The first-order chi connectivity index (χ1) is 8.22. The van der Waals surface area contributed by atoms with Crippen molar-refractivity contribution >= 4 is 17.3 Å². The number of aliphatic hydroxyl groups excluding tert-OH is 1. The quantitative estimate of drug-likeness (QED) is 0.899. The van der Waals surface area contributed by atoms with Gasteiger partial charge < -0.3 is 14.7 Å². The molecule has 0 radical (unpaired) electrons. The summed E-state index contributed by atoms with van der Waals surface area (Å²) >= 11 is 6.05. The molecule has 1 aliphatic heterocycles. The van der Waals surface area contributed by atoms with Gasteiger partial charge in [0.05, 0.1) is 19.3 Å². The predicted octanol–water partition coefficient (Wildman–Crippen LogP) is 2.24. The summed E-state index contributed by atoms with van der Waals surface area (Å²) < 4.78 is 5.47. The van der Waals surface area contributed by atoms with Crippen LogP contribution < -0.4 is 4.90 Å². The zero-order chi connectivity index (χ0) is 12.3. The van der Waals surface area contributed by atoms with Crippen molar-refractivity contribution in [3.05, 3.63) is 28.8 Å². The van der Waals surface area contributed by atoms with E-state index in [1.807, 2.05) is 18.2 Å². The Kier molecular flexibility index (Phi) is 4.26. The number of rotatable bonds is 3. The van der Waals surface area contributed by atoms with Crippen molar-refractivity contribution in [1.82, 2.24) is 0 Å². The zero-order valence-electron chi connectivity index (χ0n) is 10.0. The van der Waals surface area contributed by atoms with Crippen LogP contribution in [0, 0.1) is 6.92 Å². The predicted molar refractivity (Wildman–Crippen MR) is 69.8 cm³/mol. The lowest BCUT2D eigenvalue weighted by atomic mass is 10.1. The van der Waals surface area contributed by atoms with E-state index >= 15 is 0 Å². The van der Waals surface area contributed by atoms with Crippen LogP contribution >= 0.6 is 11.6 Å². The SMILES string of the molecule is Cc1ccc(Cl)cc1N1CCOCC1CCO. The molecule has 0 spiro atoms. The van der Waals surface area contributed by atoms with E-state index in [9.17, 15) is 0 Å². The van der Waals surface area contributed by atoms with Gasteiger partial charge in [0.15, 0.2) is 0 Å². The van der Waals surface area contributed by atoms with Crippen LogP contribution in [0.25, 0.3) is 0 Å². The Balaban J connectivity index is 2.25. The molecule has 2 rings (SSSR count). The fraction of sp³-hybridized carbons (Fsp3) is 0.538. The zero-order valence-corrected chi connectivity index (χ0v) is 10.8. The molecule has 1 saturated heterocycles. The maximum atomic E-state index is 9.10. The van der Waals surface area contributed by atoms with Gasteiger partial charge in [-0.15, -0.1) is 0 Å². The molecule has 0 aromatic heterocycles. The van der Waals surface area contributed by atoms with Gasteiger partial charge in [0.2, 0.25) is 0 Å². The molecular weight excluding hydrogens is 238 g/mol. The second-order valence-electron chi connectivity index (χ2n) is 4.37. The van der Waals surface area contributed by atoms with Crippen molar-refractivity contribution in [1.29, 1.82) is 0 Å². The van der Waals surface area contributed by atoms with Gasteiger partial charge >= 0.3 is 0 Å². The number of anilines is 1. The number of halogens is 1. The first-order valence-corrected chi connectivity index (χ1v) is 6.31. The van der Waals surface area contributed by atoms with E-state index < -0.39 is 0 Å². The van der Waals surface area contributed by atoms with E-state index in [0.29, 0.717) is 6.61 Å². The van der Waals surface area contributed by atoms with Crippen molar-refractivity contribution in [2.45, 2.75) is 19.4 Å². The summed E-state index contributed by atoms with van der Waals surface area (Å²) in [6.45, 7) is 4.52. The summed E-state index contributed by atoms with van der Waals surface area (Å²) in [5.41, 5.74) is 2.36. The summed E-state index contributed by atoms with van der Waals surface area (Å²) in [6, 6.07) is 6.17. The summed E-state index contributed by atoms with van der Waals surface area (Å²) in [7, 11) is 0. The number of benzene rings is 1. The van der Waals surface area contributed by atoms with Crippen molar-refractivity contribution in [3.8, 4) is 0 Å². The van der Waals surface area contributed by atoms with Gasteiger partial charge in [0.25, 0.3) is 0 Å². The van der Waals surface area contributed by atoms with Crippen LogP contribution in [0.1, 0.15) is 12.0 Å². The standard InChI is InChI=1S/C13H18ClNO2/c1-10-2-3-11(14)8-13(10)15-5-7-17-9-12(15)4-6-16/h2-3,8,12,16H,4-7,9H2,1H3. The Morgan fingerprint density at radius 2 is 2.35 bits per heavy atom. The van der Waals surface area contributed by atoms with Gasteiger partial charge in [0, 0.05) is 23.9 Å². The fourth-order valence-electron chi connectivity index (χ4n) is 2.25. The van der Waals surface area contributed by atoms with Gasteiger partial charge in [-0.1, -0.05) is 17.7 Å². The Hall–Kier alpha value is -0.770. The van der Waals surface area contributed by atoms with E-state index in [4.69, 9.17) is 21.4 Å². The van der Waals surface area contributed by atoms with Gasteiger partial charge in [0.1, 0.15) is 0 Å². The number of nitrogens with zero attached hydrogens (tertiary/aromatic N) is 1. The average Bonchev–Trinajstić information content (AvgIpc) is 2.34. The lowest BCUT2D eigenvalue weighted by Gasteiger charge is -2.38. The van der Waals surface area contributed by atoms with Crippen molar-refractivity contribution in [2.24, 2.45) is 0 Å². The minimum absolute atomic E-state index is 0.185. The largest absolute Gasteiger partial charge is 0.396 e. The molecule has 1 N–H and O–H groups in total. The second kappa shape index (κ2) is 5.71. The number of hydrogen-bond acceptors (Lipinski definition) is 3. The van der Waals surface area contributed by atoms with Crippen molar-refractivity contribution in [3.63, 3.8) is 0 Å². The van der Waals surface area contributed by atoms with Crippen molar-refractivity contribution < 1.29 is 9.84 Å². The number of aryl methyl sites for hydroxylation is 1. The topological polar surface area (TPSA) is 32.7 Å².